The minimum Gasteiger partial charge on any atom is -0.335 e. The van der Waals surface area contributed by atoms with Gasteiger partial charge in [-0.1, -0.05) is 17.3 Å². The van der Waals surface area contributed by atoms with Gasteiger partial charge in [0.25, 0.3) is 0 Å². The molecular weight excluding hydrogens is 347 g/mol. The fraction of sp³-hybridized carbons (Fsp3) is 0.500. The van der Waals surface area contributed by atoms with Crippen LogP contribution in [0.15, 0.2) is 28.8 Å². The zero-order valence-electron chi connectivity index (χ0n) is 13.9. The van der Waals surface area contributed by atoms with Crippen LogP contribution >= 0.6 is 0 Å². The molecule has 25 heavy (non-hydrogen) atoms. The summed E-state index contributed by atoms with van der Waals surface area (Å²) in [6, 6.07) is 6.73. The van der Waals surface area contributed by atoms with Crippen LogP contribution in [-0.2, 0) is 10.0 Å². The molecule has 1 aromatic carbocycles. The van der Waals surface area contributed by atoms with Gasteiger partial charge in [0.2, 0.25) is 15.8 Å². The molecule has 3 rings (SSSR count). The molecule has 0 unspecified atom stereocenters. The minimum absolute atomic E-state index is 0.184. The molecule has 0 saturated heterocycles. The molecule has 2 aromatic rings. The van der Waals surface area contributed by atoms with E-state index in [0.29, 0.717) is 18.0 Å². The number of halogens is 1. The monoisotopic (exact) mass is 368 g/mol. The fourth-order valence-electron chi connectivity index (χ4n) is 2.99. The molecule has 1 aromatic heterocycles. The van der Waals surface area contributed by atoms with Crippen LogP contribution in [0.4, 0.5) is 10.4 Å². The van der Waals surface area contributed by atoms with E-state index < -0.39 is 15.8 Å². The molecule has 7 nitrogen and oxygen atoms in total. The van der Waals surface area contributed by atoms with Crippen molar-refractivity contribution in [3.8, 4) is 11.4 Å². The van der Waals surface area contributed by atoms with Crippen LogP contribution < -0.4 is 10.0 Å². The predicted molar refractivity (Wildman–Crippen MR) is 91.9 cm³/mol. The molecule has 9 heteroatoms. The number of nitrogens with one attached hydrogen (secondary N) is 2. The summed E-state index contributed by atoms with van der Waals surface area (Å²) in [6.45, 7) is 0.476. The van der Waals surface area contributed by atoms with Gasteiger partial charge in [0, 0.05) is 12.6 Å². The Morgan fingerprint density at radius 1 is 1.24 bits per heavy atom. The summed E-state index contributed by atoms with van der Waals surface area (Å²) in [5.74, 6) is 0.157. The molecule has 0 amide bonds. The lowest BCUT2D eigenvalue weighted by Gasteiger charge is -2.28. The first-order valence-corrected chi connectivity index (χ1v) is 10.1. The van der Waals surface area contributed by atoms with Crippen LogP contribution in [0, 0.1) is 11.7 Å². The lowest BCUT2D eigenvalue weighted by atomic mass is 9.86. The average Bonchev–Trinajstić information content (AvgIpc) is 3.02. The van der Waals surface area contributed by atoms with Gasteiger partial charge in [-0.3, -0.25) is 0 Å². The third-order valence-electron chi connectivity index (χ3n) is 4.35. The summed E-state index contributed by atoms with van der Waals surface area (Å²) in [5.41, 5.74) is 0.301. The lowest BCUT2D eigenvalue weighted by Crippen LogP contribution is -2.33. The van der Waals surface area contributed by atoms with Gasteiger partial charge in [0.1, 0.15) is 5.82 Å². The van der Waals surface area contributed by atoms with Crippen molar-refractivity contribution in [3.05, 3.63) is 30.1 Å². The van der Waals surface area contributed by atoms with Crippen molar-refractivity contribution in [2.45, 2.75) is 31.7 Å². The Bertz CT molecular complexity index is 816. The van der Waals surface area contributed by atoms with Crippen LogP contribution in [0.2, 0.25) is 0 Å². The lowest BCUT2D eigenvalue weighted by molar-refractivity contribution is 0.330. The van der Waals surface area contributed by atoms with E-state index in [1.807, 2.05) is 0 Å². The molecule has 0 aliphatic heterocycles. The van der Waals surface area contributed by atoms with Crippen LogP contribution in [0.5, 0.6) is 0 Å². The van der Waals surface area contributed by atoms with E-state index >= 15 is 0 Å². The van der Waals surface area contributed by atoms with Crippen molar-refractivity contribution in [2.24, 2.45) is 5.92 Å². The number of nitrogens with zero attached hydrogens (tertiary/aromatic N) is 2. The molecule has 1 fully saturated rings. The Labute approximate surface area is 146 Å². The minimum atomic E-state index is -3.14. The molecule has 1 aliphatic carbocycles. The number of hydrogen-bond acceptors (Lipinski definition) is 6. The van der Waals surface area contributed by atoms with Crippen molar-refractivity contribution < 1.29 is 17.3 Å². The second kappa shape index (κ2) is 7.49. The van der Waals surface area contributed by atoms with Gasteiger partial charge >= 0.3 is 6.01 Å². The van der Waals surface area contributed by atoms with Crippen molar-refractivity contribution >= 4 is 16.0 Å². The van der Waals surface area contributed by atoms with E-state index in [1.165, 1.54) is 12.3 Å². The topological polar surface area (TPSA) is 97.1 Å². The normalized spacial score (nSPS) is 21.2. The van der Waals surface area contributed by atoms with Crippen LogP contribution in [0.25, 0.3) is 11.4 Å². The maximum absolute atomic E-state index is 13.8. The number of aromatic nitrogens is 2. The summed E-state index contributed by atoms with van der Waals surface area (Å²) in [4.78, 5) is 4.20. The number of hydrogen-bond donors (Lipinski definition) is 2. The Morgan fingerprint density at radius 3 is 2.64 bits per heavy atom. The van der Waals surface area contributed by atoms with Gasteiger partial charge in [0.15, 0.2) is 0 Å². The van der Waals surface area contributed by atoms with Gasteiger partial charge in [-0.05, 0) is 43.7 Å². The van der Waals surface area contributed by atoms with E-state index in [0.717, 1.165) is 25.7 Å². The maximum Gasteiger partial charge on any atom is 0.322 e. The molecule has 1 aliphatic rings. The first-order chi connectivity index (χ1) is 11.9. The zero-order valence-corrected chi connectivity index (χ0v) is 14.7. The number of benzene rings is 1. The first-order valence-electron chi connectivity index (χ1n) is 8.20. The number of sulfonamides is 1. The Balaban J connectivity index is 1.52. The summed E-state index contributed by atoms with van der Waals surface area (Å²) >= 11 is 0. The zero-order chi connectivity index (χ0) is 17.9. The fourth-order valence-corrected chi connectivity index (χ4v) is 3.53. The van der Waals surface area contributed by atoms with Crippen molar-refractivity contribution in [1.29, 1.82) is 0 Å². The second-order valence-corrected chi connectivity index (χ2v) is 8.22. The van der Waals surface area contributed by atoms with E-state index in [-0.39, 0.29) is 17.9 Å². The van der Waals surface area contributed by atoms with E-state index in [9.17, 15) is 12.8 Å². The highest BCUT2D eigenvalue weighted by molar-refractivity contribution is 7.88. The second-order valence-electron chi connectivity index (χ2n) is 6.39. The van der Waals surface area contributed by atoms with E-state index in [4.69, 9.17) is 4.52 Å². The Kier molecular flexibility index (Phi) is 5.33. The molecular formula is C16H21FN4O3S. The SMILES string of the molecule is CS(=O)(=O)NCC1CCC(Nc2nc(-c3ccccc3F)no2)CC1. The Hall–Kier alpha value is -2.00. The van der Waals surface area contributed by atoms with Gasteiger partial charge < -0.3 is 9.84 Å². The number of rotatable bonds is 6. The van der Waals surface area contributed by atoms with Crippen molar-refractivity contribution in [3.63, 3.8) is 0 Å². The summed E-state index contributed by atoms with van der Waals surface area (Å²) < 4.78 is 43.8. The third-order valence-corrected chi connectivity index (χ3v) is 5.04. The smallest absolute Gasteiger partial charge is 0.322 e. The van der Waals surface area contributed by atoms with Crippen LogP contribution in [0.3, 0.4) is 0 Å². The molecule has 1 heterocycles. The van der Waals surface area contributed by atoms with Crippen LogP contribution in [0.1, 0.15) is 25.7 Å². The van der Waals surface area contributed by atoms with E-state index in [1.54, 1.807) is 18.2 Å². The highest BCUT2D eigenvalue weighted by Crippen LogP contribution is 2.27. The van der Waals surface area contributed by atoms with E-state index in [2.05, 4.69) is 20.2 Å². The Morgan fingerprint density at radius 2 is 1.96 bits per heavy atom. The van der Waals surface area contributed by atoms with Crippen molar-refractivity contribution in [2.75, 3.05) is 18.1 Å². The third kappa shape index (κ3) is 4.99. The molecule has 0 atom stereocenters. The summed E-state index contributed by atoms with van der Waals surface area (Å²) in [5, 5.41) is 7.00. The van der Waals surface area contributed by atoms with Crippen LogP contribution in [-0.4, -0.2) is 37.4 Å². The van der Waals surface area contributed by atoms with Gasteiger partial charge in [-0.15, -0.1) is 0 Å². The largest absolute Gasteiger partial charge is 0.335 e. The molecule has 0 bridgehead atoms. The standard InChI is InChI=1S/C16H21FN4O3S/c1-25(22,23)18-10-11-6-8-12(9-7-11)19-16-20-15(21-24-16)13-4-2-3-5-14(13)17/h2-5,11-12,18H,6-10H2,1H3,(H,19,20,21). The number of anilines is 1. The van der Waals surface area contributed by atoms with Gasteiger partial charge in [0.05, 0.1) is 11.8 Å². The molecule has 0 radical (unpaired) electrons. The first kappa shape index (κ1) is 17.8. The predicted octanol–water partition coefficient (Wildman–Crippen LogP) is 2.40. The highest BCUT2D eigenvalue weighted by Gasteiger charge is 2.23. The highest BCUT2D eigenvalue weighted by atomic mass is 32.2. The molecule has 0 spiro atoms. The molecule has 2 N–H and O–H groups in total. The summed E-state index contributed by atoms with van der Waals surface area (Å²) in [6.07, 6.45) is 4.76. The molecule has 136 valence electrons. The average molecular weight is 368 g/mol. The van der Waals surface area contributed by atoms with Gasteiger partial charge in [-0.25, -0.2) is 17.5 Å². The maximum atomic E-state index is 13.8. The van der Waals surface area contributed by atoms with Crippen molar-refractivity contribution in [1.82, 2.24) is 14.9 Å². The molecule has 1 saturated carbocycles. The quantitative estimate of drug-likeness (QED) is 0.813. The van der Waals surface area contributed by atoms with Gasteiger partial charge in [-0.2, -0.15) is 4.98 Å². The summed E-state index contributed by atoms with van der Waals surface area (Å²) in [7, 11) is -3.14.